The molecule has 0 spiro atoms. The summed E-state index contributed by atoms with van der Waals surface area (Å²) in [4.78, 5) is 13.5. The largest absolute Gasteiger partial charge is 0.493 e. The Morgan fingerprint density at radius 2 is 1.66 bits per heavy atom. The zero-order chi connectivity index (χ0) is 27.1. The Labute approximate surface area is 217 Å². The highest BCUT2D eigenvalue weighted by atomic mass is 19.4. The van der Waals surface area contributed by atoms with E-state index in [9.17, 15) is 18.3 Å². The second-order valence-electron chi connectivity index (χ2n) is 8.53. The molecule has 0 bridgehead atoms. The standard InChI is InChI=1S/C27H28F3N5O3/c1-37-21-12-9-18(15-22(21)38-2)16-33-25-20-6-4-13-31-24(20)34-26(35-25)32-14-3-5-17-7-10-19(11-8-17)23(36)27(28,29)30/h4,6-13,15,23,36H,3,5,14,16H2,1-2H3,(H2,31,32,33,34,35). The van der Waals surface area contributed by atoms with Crippen LogP contribution in [0.25, 0.3) is 11.0 Å². The number of nitrogens with zero attached hydrogens (tertiary/aromatic N) is 3. The van der Waals surface area contributed by atoms with Crippen molar-refractivity contribution in [1.29, 1.82) is 0 Å². The molecular formula is C27H28F3N5O3. The van der Waals surface area contributed by atoms with Gasteiger partial charge in [-0.05, 0) is 53.8 Å². The van der Waals surface area contributed by atoms with Crippen molar-refractivity contribution in [2.24, 2.45) is 0 Å². The lowest BCUT2D eigenvalue weighted by atomic mass is 10.0. The Bertz CT molecular complexity index is 1370. The lowest BCUT2D eigenvalue weighted by Gasteiger charge is -2.15. The number of anilines is 2. The first kappa shape index (κ1) is 26.9. The van der Waals surface area contributed by atoms with Gasteiger partial charge in [0.25, 0.3) is 0 Å². The van der Waals surface area contributed by atoms with Crippen molar-refractivity contribution in [2.45, 2.75) is 31.7 Å². The van der Waals surface area contributed by atoms with Crippen molar-refractivity contribution in [3.63, 3.8) is 0 Å². The summed E-state index contributed by atoms with van der Waals surface area (Å²) >= 11 is 0. The first-order chi connectivity index (χ1) is 18.3. The zero-order valence-electron chi connectivity index (χ0n) is 20.9. The van der Waals surface area contributed by atoms with Crippen LogP contribution < -0.4 is 20.1 Å². The topological polar surface area (TPSA) is 101 Å². The van der Waals surface area contributed by atoms with E-state index in [4.69, 9.17) is 9.47 Å². The lowest BCUT2D eigenvalue weighted by Crippen LogP contribution is -2.20. The molecule has 1 atom stereocenters. The molecular weight excluding hydrogens is 499 g/mol. The molecule has 0 aliphatic rings. The Hall–Kier alpha value is -4.12. The normalized spacial score (nSPS) is 12.3. The predicted octanol–water partition coefficient (Wildman–Crippen LogP) is 5.29. The third-order valence-corrected chi connectivity index (χ3v) is 5.91. The second-order valence-corrected chi connectivity index (χ2v) is 8.53. The number of aliphatic hydroxyl groups is 1. The van der Waals surface area contributed by atoms with Gasteiger partial charge >= 0.3 is 6.18 Å². The summed E-state index contributed by atoms with van der Waals surface area (Å²) < 4.78 is 48.7. The van der Waals surface area contributed by atoms with Crippen molar-refractivity contribution in [3.8, 4) is 11.5 Å². The number of methoxy groups -OCH3 is 2. The molecule has 2 aromatic carbocycles. The summed E-state index contributed by atoms with van der Waals surface area (Å²) in [7, 11) is 3.17. The Morgan fingerprint density at radius 1 is 0.921 bits per heavy atom. The van der Waals surface area contributed by atoms with Gasteiger partial charge in [-0.25, -0.2) is 4.98 Å². The summed E-state index contributed by atoms with van der Waals surface area (Å²) in [5, 5.41) is 16.7. The predicted molar refractivity (Wildman–Crippen MR) is 138 cm³/mol. The first-order valence-corrected chi connectivity index (χ1v) is 11.9. The van der Waals surface area contributed by atoms with Crippen LogP contribution in [0.5, 0.6) is 11.5 Å². The van der Waals surface area contributed by atoms with Crippen LogP contribution in [-0.4, -0.2) is 47.0 Å². The van der Waals surface area contributed by atoms with Crippen LogP contribution in [0.2, 0.25) is 0 Å². The first-order valence-electron chi connectivity index (χ1n) is 11.9. The van der Waals surface area contributed by atoms with Crippen molar-refractivity contribution in [3.05, 3.63) is 77.5 Å². The minimum atomic E-state index is -4.69. The maximum absolute atomic E-state index is 12.7. The van der Waals surface area contributed by atoms with Gasteiger partial charge in [0.05, 0.1) is 19.6 Å². The molecule has 4 aromatic rings. The molecule has 2 heterocycles. The Kier molecular flexibility index (Phi) is 8.47. The molecule has 2 aromatic heterocycles. The fraction of sp³-hybridized carbons (Fsp3) is 0.296. The monoisotopic (exact) mass is 527 g/mol. The van der Waals surface area contributed by atoms with Gasteiger partial charge in [0.1, 0.15) is 5.82 Å². The smallest absolute Gasteiger partial charge is 0.418 e. The van der Waals surface area contributed by atoms with E-state index in [2.05, 4.69) is 25.6 Å². The lowest BCUT2D eigenvalue weighted by molar-refractivity contribution is -0.206. The van der Waals surface area contributed by atoms with Gasteiger partial charge in [-0.3, -0.25) is 0 Å². The Morgan fingerprint density at radius 3 is 2.37 bits per heavy atom. The van der Waals surface area contributed by atoms with Gasteiger partial charge in [0, 0.05) is 19.3 Å². The van der Waals surface area contributed by atoms with Crippen LogP contribution in [0.4, 0.5) is 24.9 Å². The molecule has 3 N–H and O–H groups in total. The maximum atomic E-state index is 12.7. The SMILES string of the molecule is COc1ccc(CNc2nc(NCCCc3ccc(C(O)C(F)(F)F)cc3)nc3ncccc23)cc1OC. The van der Waals surface area contributed by atoms with E-state index in [1.54, 1.807) is 32.5 Å². The number of nitrogens with one attached hydrogen (secondary N) is 2. The number of halogens is 3. The average molecular weight is 528 g/mol. The summed E-state index contributed by atoms with van der Waals surface area (Å²) in [6.45, 7) is 1.03. The summed E-state index contributed by atoms with van der Waals surface area (Å²) in [6.07, 6.45) is -4.18. The van der Waals surface area contributed by atoms with Crippen molar-refractivity contribution in [1.82, 2.24) is 15.0 Å². The molecule has 38 heavy (non-hydrogen) atoms. The van der Waals surface area contributed by atoms with Gasteiger partial charge in [-0.1, -0.05) is 30.3 Å². The number of rotatable bonds is 11. The second kappa shape index (κ2) is 12.0. The minimum absolute atomic E-state index is 0.176. The number of aryl methyl sites for hydroxylation is 1. The third-order valence-electron chi connectivity index (χ3n) is 5.91. The van der Waals surface area contributed by atoms with E-state index < -0.39 is 12.3 Å². The summed E-state index contributed by atoms with van der Waals surface area (Å²) in [5.41, 5.74) is 2.20. The van der Waals surface area contributed by atoms with E-state index in [-0.39, 0.29) is 5.56 Å². The molecule has 200 valence electrons. The summed E-state index contributed by atoms with van der Waals surface area (Å²) in [6, 6.07) is 15.2. The maximum Gasteiger partial charge on any atom is 0.418 e. The number of aromatic nitrogens is 3. The average Bonchev–Trinajstić information content (AvgIpc) is 2.93. The number of hydrogen-bond acceptors (Lipinski definition) is 8. The molecule has 1 unspecified atom stereocenters. The number of ether oxygens (including phenoxy) is 2. The Balaban J connectivity index is 1.38. The van der Waals surface area contributed by atoms with Crippen LogP contribution in [0.15, 0.2) is 60.8 Å². The van der Waals surface area contributed by atoms with Crippen molar-refractivity contribution in [2.75, 3.05) is 31.4 Å². The fourth-order valence-corrected chi connectivity index (χ4v) is 3.90. The van der Waals surface area contributed by atoms with E-state index in [1.165, 1.54) is 12.1 Å². The van der Waals surface area contributed by atoms with Gasteiger partial charge in [0.2, 0.25) is 5.95 Å². The molecule has 0 fully saturated rings. The van der Waals surface area contributed by atoms with Crippen LogP contribution in [0.3, 0.4) is 0 Å². The van der Waals surface area contributed by atoms with Crippen molar-refractivity contribution < 1.29 is 27.8 Å². The number of pyridine rings is 1. The van der Waals surface area contributed by atoms with Crippen molar-refractivity contribution >= 4 is 22.8 Å². The molecule has 4 rings (SSSR count). The number of alkyl halides is 3. The van der Waals surface area contributed by atoms with Gasteiger partial charge in [-0.15, -0.1) is 0 Å². The van der Waals surface area contributed by atoms with E-state index in [0.717, 1.165) is 16.5 Å². The number of hydrogen-bond donors (Lipinski definition) is 3. The fourth-order valence-electron chi connectivity index (χ4n) is 3.90. The highest BCUT2D eigenvalue weighted by Gasteiger charge is 2.39. The van der Waals surface area contributed by atoms with Crippen LogP contribution >= 0.6 is 0 Å². The highest BCUT2D eigenvalue weighted by molar-refractivity contribution is 5.87. The van der Waals surface area contributed by atoms with Crippen LogP contribution in [-0.2, 0) is 13.0 Å². The quantitative estimate of drug-likeness (QED) is 0.226. The van der Waals surface area contributed by atoms with Gasteiger partial charge in [0.15, 0.2) is 23.3 Å². The molecule has 0 aliphatic heterocycles. The van der Waals surface area contributed by atoms with E-state index in [1.807, 2.05) is 30.3 Å². The zero-order valence-corrected chi connectivity index (χ0v) is 20.9. The van der Waals surface area contributed by atoms with E-state index in [0.29, 0.717) is 54.8 Å². The van der Waals surface area contributed by atoms with Crippen LogP contribution in [0, 0.1) is 0 Å². The molecule has 0 saturated heterocycles. The third kappa shape index (κ3) is 6.60. The number of fused-ring (bicyclic) bond motifs is 1. The molecule has 0 amide bonds. The summed E-state index contributed by atoms with van der Waals surface area (Å²) in [5.74, 6) is 2.32. The highest BCUT2D eigenvalue weighted by Crippen LogP contribution is 2.32. The van der Waals surface area contributed by atoms with Crippen LogP contribution in [0.1, 0.15) is 29.2 Å². The number of aliphatic hydroxyl groups excluding tert-OH is 1. The minimum Gasteiger partial charge on any atom is -0.493 e. The molecule has 0 radical (unpaired) electrons. The van der Waals surface area contributed by atoms with Gasteiger partial charge in [-0.2, -0.15) is 23.1 Å². The molecule has 8 nitrogen and oxygen atoms in total. The molecule has 0 saturated carbocycles. The molecule has 0 aliphatic carbocycles. The number of benzene rings is 2. The molecule has 11 heteroatoms. The van der Waals surface area contributed by atoms with Gasteiger partial charge < -0.3 is 25.2 Å². The van der Waals surface area contributed by atoms with E-state index >= 15 is 0 Å².